The van der Waals surface area contributed by atoms with Gasteiger partial charge < -0.3 is 5.11 Å². The molecule has 1 aliphatic rings. The molecule has 1 aromatic rings. The van der Waals surface area contributed by atoms with Crippen molar-refractivity contribution in [3.05, 3.63) is 35.9 Å². The number of hydrogen-bond donors (Lipinski definition) is 1. The van der Waals surface area contributed by atoms with Crippen molar-refractivity contribution in [1.29, 1.82) is 0 Å². The summed E-state index contributed by atoms with van der Waals surface area (Å²) >= 11 is 1.90. The van der Waals surface area contributed by atoms with E-state index >= 15 is 0 Å². The molecule has 92 valence electrons. The first-order chi connectivity index (χ1) is 8.20. The van der Waals surface area contributed by atoms with Crippen LogP contribution in [0.25, 0.3) is 0 Å². The van der Waals surface area contributed by atoms with Crippen LogP contribution >= 0.6 is 11.8 Å². The first kappa shape index (κ1) is 12.5. The van der Waals surface area contributed by atoms with Crippen LogP contribution < -0.4 is 0 Å². The Morgan fingerprint density at radius 3 is 2.71 bits per heavy atom. The van der Waals surface area contributed by atoms with Crippen LogP contribution in [0, 0.1) is 0 Å². The minimum atomic E-state index is -0.768. The molecule has 1 fully saturated rings. The van der Waals surface area contributed by atoms with E-state index in [1.807, 2.05) is 54.0 Å². The summed E-state index contributed by atoms with van der Waals surface area (Å²) in [6.07, 6.45) is 1.08. The van der Waals surface area contributed by atoms with Crippen molar-refractivity contribution in [2.75, 3.05) is 18.6 Å². The first-order valence-electron chi connectivity index (χ1n) is 5.77. The Morgan fingerprint density at radius 2 is 2.18 bits per heavy atom. The number of carboxylic acids is 1. The normalized spacial score (nSPS) is 21.6. The Hall–Kier alpha value is -1.00. The zero-order valence-corrected chi connectivity index (χ0v) is 10.7. The molecule has 1 saturated heterocycles. The van der Waals surface area contributed by atoms with E-state index in [9.17, 15) is 9.90 Å². The molecule has 0 aromatic heterocycles. The summed E-state index contributed by atoms with van der Waals surface area (Å²) in [5, 5.41) is 9.41. The maximum atomic E-state index is 11.4. The lowest BCUT2D eigenvalue weighted by Gasteiger charge is -2.30. The van der Waals surface area contributed by atoms with E-state index in [0.29, 0.717) is 6.04 Å². The molecule has 1 aliphatic heterocycles. The van der Waals surface area contributed by atoms with E-state index in [1.165, 1.54) is 0 Å². The molecule has 4 heteroatoms. The molecular formula is C13H17NO2S. The molecule has 2 unspecified atom stereocenters. The van der Waals surface area contributed by atoms with Crippen LogP contribution in [0.3, 0.4) is 0 Å². The lowest BCUT2D eigenvalue weighted by Crippen LogP contribution is -2.39. The third kappa shape index (κ3) is 2.82. The summed E-state index contributed by atoms with van der Waals surface area (Å²) in [5.41, 5.74) is 0.861. The Kier molecular flexibility index (Phi) is 4.07. The molecule has 1 N–H and O–H groups in total. The Morgan fingerprint density at radius 1 is 1.47 bits per heavy atom. The highest BCUT2D eigenvalue weighted by Gasteiger charge is 2.31. The number of nitrogens with zero attached hydrogens (tertiary/aromatic N) is 1. The molecule has 0 bridgehead atoms. The molecule has 0 radical (unpaired) electrons. The first-order valence-corrected chi connectivity index (χ1v) is 6.93. The van der Waals surface area contributed by atoms with E-state index in [-0.39, 0.29) is 0 Å². The van der Waals surface area contributed by atoms with Gasteiger partial charge in [-0.05, 0) is 24.8 Å². The van der Waals surface area contributed by atoms with Crippen LogP contribution in [0.15, 0.2) is 30.3 Å². The van der Waals surface area contributed by atoms with E-state index < -0.39 is 12.0 Å². The van der Waals surface area contributed by atoms with Gasteiger partial charge in [0.2, 0.25) is 0 Å². The maximum Gasteiger partial charge on any atom is 0.325 e. The Labute approximate surface area is 106 Å². The predicted octanol–water partition coefficient (Wildman–Crippen LogP) is 2.25. The third-order valence-electron chi connectivity index (χ3n) is 3.24. The second kappa shape index (κ2) is 5.56. The van der Waals surface area contributed by atoms with Crippen molar-refractivity contribution in [2.24, 2.45) is 0 Å². The van der Waals surface area contributed by atoms with Crippen molar-refractivity contribution < 1.29 is 9.90 Å². The number of carbonyl (C=O) groups is 1. The van der Waals surface area contributed by atoms with Crippen molar-refractivity contribution in [3.63, 3.8) is 0 Å². The smallest absolute Gasteiger partial charge is 0.325 e. The zero-order valence-electron chi connectivity index (χ0n) is 9.87. The second-order valence-electron chi connectivity index (χ2n) is 4.33. The topological polar surface area (TPSA) is 40.5 Å². The molecule has 0 aliphatic carbocycles. The van der Waals surface area contributed by atoms with Crippen molar-refractivity contribution in [1.82, 2.24) is 4.90 Å². The lowest BCUT2D eigenvalue weighted by atomic mass is 10.0. The largest absolute Gasteiger partial charge is 0.480 e. The van der Waals surface area contributed by atoms with Gasteiger partial charge in [-0.25, -0.2) is 0 Å². The molecule has 1 heterocycles. The molecule has 0 amide bonds. The van der Waals surface area contributed by atoms with Gasteiger partial charge in [-0.2, -0.15) is 11.8 Å². The van der Waals surface area contributed by atoms with Gasteiger partial charge in [0.25, 0.3) is 0 Å². The third-order valence-corrected chi connectivity index (χ3v) is 4.38. The summed E-state index contributed by atoms with van der Waals surface area (Å²) in [6, 6.07) is 9.31. The fourth-order valence-electron chi connectivity index (χ4n) is 2.24. The fourth-order valence-corrected chi connectivity index (χ4v) is 3.52. The van der Waals surface area contributed by atoms with Gasteiger partial charge in [-0.3, -0.25) is 9.69 Å². The molecule has 2 atom stereocenters. The number of rotatable bonds is 4. The minimum absolute atomic E-state index is 0.376. The van der Waals surface area contributed by atoms with Gasteiger partial charge in [0.15, 0.2) is 0 Å². The van der Waals surface area contributed by atoms with Gasteiger partial charge in [-0.15, -0.1) is 0 Å². The van der Waals surface area contributed by atoms with Gasteiger partial charge in [0.05, 0.1) is 0 Å². The number of aliphatic carboxylic acids is 1. The van der Waals surface area contributed by atoms with Crippen LogP contribution in [-0.4, -0.2) is 40.6 Å². The highest BCUT2D eigenvalue weighted by atomic mass is 32.2. The lowest BCUT2D eigenvalue weighted by molar-refractivity contribution is -0.143. The average molecular weight is 251 g/mol. The highest BCUT2D eigenvalue weighted by Crippen LogP contribution is 2.28. The van der Waals surface area contributed by atoms with Crippen LogP contribution in [0.2, 0.25) is 0 Å². The molecule has 0 saturated carbocycles. The van der Waals surface area contributed by atoms with Crippen LogP contribution in [0.4, 0.5) is 0 Å². The quantitative estimate of drug-likeness (QED) is 0.891. The molecule has 1 aromatic carbocycles. The minimum Gasteiger partial charge on any atom is -0.480 e. The Balaban J connectivity index is 2.20. The van der Waals surface area contributed by atoms with Crippen molar-refractivity contribution >= 4 is 17.7 Å². The number of thioether (sulfide) groups is 1. The van der Waals surface area contributed by atoms with E-state index in [2.05, 4.69) is 0 Å². The van der Waals surface area contributed by atoms with Crippen LogP contribution in [0.1, 0.15) is 18.0 Å². The van der Waals surface area contributed by atoms with Crippen LogP contribution in [-0.2, 0) is 4.79 Å². The van der Waals surface area contributed by atoms with E-state index in [1.54, 1.807) is 0 Å². The summed E-state index contributed by atoms with van der Waals surface area (Å²) in [4.78, 5) is 13.4. The standard InChI is InChI=1S/C13H17NO2S/c1-14(11-7-8-17-9-11)12(13(15)16)10-5-3-2-4-6-10/h2-6,11-12H,7-9H2,1H3,(H,15,16). The van der Waals surface area contributed by atoms with Crippen molar-refractivity contribution in [2.45, 2.75) is 18.5 Å². The van der Waals surface area contributed by atoms with Gasteiger partial charge >= 0.3 is 5.97 Å². The maximum absolute atomic E-state index is 11.4. The monoisotopic (exact) mass is 251 g/mol. The van der Waals surface area contributed by atoms with Crippen molar-refractivity contribution in [3.8, 4) is 0 Å². The molecule has 17 heavy (non-hydrogen) atoms. The van der Waals surface area contributed by atoms with Gasteiger partial charge in [0, 0.05) is 11.8 Å². The number of likely N-dealkylation sites (N-methyl/N-ethyl adjacent to an activating group) is 1. The predicted molar refractivity (Wildman–Crippen MR) is 70.3 cm³/mol. The Bertz CT molecular complexity index is 376. The number of carboxylic acid groups (broad SMARTS) is 1. The summed E-state index contributed by atoms with van der Waals surface area (Å²) in [7, 11) is 1.92. The second-order valence-corrected chi connectivity index (χ2v) is 5.48. The molecule has 2 rings (SSSR count). The average Bonchev–Trinajstić information content (AvgIpc) is 2.83. The van der Waals surface area contributed by atoms with E-state index in [4.69, 9.17) is 0 Å². The zero-order chi connectivity index (χ0) is 12.3. The summed E-state index contributed by atoms with van der Waals surface area (Å²) in [6.45, 7) is 0. The number of hydrogen-bond acceptors (Lipinski definition) is 3. The molecule has 0 spiro atoms. The number of benzene rings is 1. The SMILES string of the molecule is CN(C1CCSC1)C(C(=O)O)c1ccccc1. The summed E-state index contributed by atoms with van der Waals surface area (Å²) in [5.74, 6) is 1.40. The molecule has 3 nitrogen and oxygen atoms in total. The van der Waals surface area contributed by atoms with E-state index in [0.717, 1.165) is 23.5 Å². The van der Waals surface area contributed by atoms with Gasteiger partial charge in [-0.1, -0.05) is 30.3 Å². The molecular weight excluding hydrogens is 234 g/mol. The highest BCUT2D eigenvalue weighted by molar-refractivity contribution is 7.99. The fraction of sp³-hybridized carbons (Fsp3) is 0.462. The van der Waals surface area contributed by atoms with Crippen LogP contribution in [0.5, 0.6) is 0 Å². The summed E-state index contributed by atoms with van der Waals surface area (Å²) < 4.78 is 0. The van der Waals surface area contributed by atoms with Gasteiger partial charge in [0.1, 0.15) is 6.04 Å².